The molecule has 0 radical (unpaired) electrons. The standard InChI is InChI=1S/C20H23NO6/c1-11(12(2)27-20(26)13-6-4-3-5-7-13)17(18(21)19(24)25)14-8-9-15(22)16(23)10-14/h3-12,17-18,22-23H,21H2,1-2H3,(H,24,25)/t11?,12?,17?,18-/m0/s1. The van der Waals surface area contributed by atoms with Gasteiger partial charge >= 0.3 is 11.9 Å². The first kappa shape index (κ1) is 20.3. The van der Waals surface area contributed by atoms with E-state index in [0.717, 1.165) is 0 Å². The minimum Gasteiger partial charge on any atom is -0.504 e. The zero-order chi connectivity index (χ0) is 20.1. The van der Waals surface area contributed by atoms with Crippen molar-refractivity contribution in [2.75, 3.05) is 0 Å². The first-order chi connectivity index (χ1) is 12.7. The molecular weight excluding hydrogens is 350 g/mol. The molecule has 0 saturated heterocycles. The highest BCUT2D eigenvalue weighted by Crippen LogP contribution is 2.35. The molecule has 0 heterocycles. The van der Waals surface area contributed by atoms with Crippen molar-refractivity contribution in [1.82, 2.24) is 0 Å². The van der Waals surface area contributed by atoms with Gasteiger partial charge in [0.05, 0.1) is 5.56 Å². The Labute approximate surface area is 157 Å². The maximum absolute atomic E-state index is 12.3. The Hall–Kier alpha value is -3.06. The van der Waals surface area contributed by atoms with Crippen LogP contribution in [0, 0.1) is 5.92 Å². The van der Waals surface area contributed by atoms with Gasteiger partial charge in [-0.25, -0.2) is 4.79 Å². The molecule has 27 heavy (non-hydrogen) atoms. The van der Waals surface area contributed by atoms with Crippen LogP contribution in [0.4, 0.5) is 0 Å². The number of hydrogen-bond donors (Lipinski definition) is 4. The van der Waals surface area contributed by atoms with Crippen LogP contribution in [0.1, 0.15) is 35.7 Å². The van der Waals surface area contributed by atoms with Crippen molar-refractivity contribution in [3.63, 3.8) is 0 Å². The molecule has 0 amide bonds. The van der Waals surface area contributed by atoms with Crippen LogP contribution >= 0.6 is 0 Å². The van der Waals surface area contributed by atoms with E-state index in [4.69, 9.17) is 10.5 Å². The van der Waals surface area contributed by atoms with Crippen LogP contribution in [0.3, 0.4) is 0 Å². The Morgan fingerprint density at radius 1 is 1.00 bits per heavy atom. The highest BCUT2D eigenvalue weighted by molar-refractivity contribution is 5.89. The number of carbonyl (C=O) groups is 2. The van der Waals surface area contributed by atoms with E-state index >= 15 is 0 Å². The number of carbonyl (C=O) groups excluding carboxylic acids is 1. The second-order valence-corrected chi connectivity index (χ2v) is 6.47. The fraction of sp³-hybridized carbons (Fsp3) is 0.300. The van der Waals surface area contributed by atoms with E-state index in [1.54, 1.807) is 44.2 Å². The number of benzene rings is 2. The first-order valence-corrected chi connectivity index (χ1v) is 8.48. The number of rotatable bonds is 7. The highest BCUT2D eigenvalue weighted by Gasteiger charge is 2.35. The summed E-state index contributed by atoms with van der Waals surface area (Å²) < 4.78 is 5.49. The van der Waals surface area contributed by atoms with Gasteiger partial charge in [-0.2, -0.15) is 0 Å². The molecule has 0 fully saturated rings. The van der Waals surface area contributed by atoms with E-state index < -0.39 is 35.9 Å². The summed E-state index contributed by atoms with van der Waals surface area (Å²) in [7, 11) is 0. The second kappa shape index (κ2) is 8.55. The van der Waals surface area contributed by atoms with Crippen LogP contribution in [-0.2, 0) is 9.53 Å². The lowest BCUT2D eigenvalue weighted by Gasteiger charge is -2.31. The highest BCUT2D eigenvalue weighted by atomic mass is 16.5. The number of esters is 1. The van der Waals surface area contributed by atoms with Crippen LogP contribution < -0.4 is 5.73 Å². The van der Waals surface area contributed by atoms with Crippen LogP contribution in [0.5, 0.6) is 11.5 Å². The maximum atomic E-state index is 12.3. The number of nitrogens with two attached hydrogens (primary N) is 1. The minimum absolute atomic E-state index is 0.322. The minimum atomic E-state index is -1.29. The SMILES string of the molecule is CC(OC(=O)c1ccccc1)C(C)C(c1ccc(O)c(O)c1)[C@H](N)C(=O)O. The third-order valence-corrected chi connectivity index (χ3v) is 4.67. The lowest BCUT2D eigenvalue weighted by atomic mass is 9.79. The molecule has 2 aromatic carbocycles. The number of aromatic hydroxyl groups is 2. The third-order valence-electron chi connectivity index (χ3n) is 4.67. The normalized spacial score (nSPS) is 15.4. The smallest absolute Gasteiger partial charge is 0.338 e. The average molecular weight is 373 g/mol. The van der Waals surface area contributed by atoms with Gasteiger partial charge in [0.1, 0.15) is 12.1 Å². The Balaban J connectivity index is 2.27. The fourth-order valence-electron chi connectivity index (χ4n) is 2.95. The predicted molar refractivity (Wildman–Crippen MR) is 98.6 cm³/mol. The quantitative estimate of drug-likeness (QED) is 0.433. The molecule has 2 aromatic rings. The van der Waals surface area contributed by atoms with E-state index in [2.05, 4.69) is 0 Å². The predicted octanol–water partition coefficient (Wildman–Crippen LogP) is 2.47. The molecule has 3 unspecified atom stereocenters. The number of carboxylic acids is 1. The molecule has 4 atom stereocenters. The molecule has 2 rings (SSSR count). The molecule has 0 aromatic heterocycles. The van der Waals surface area contributed by atoms with Crippen molar-refractivity contribution in [1.29, 1.82) is 0 Å². The topological polar surface area (TPSA) is 130 Å². The van der Waals surface area contributed by atoms with Crippen molar-refractivity contribution >= 4 is 11.9 Å². The van der Waals surface area contributed by atoms with E-state index in [1.165, 1.54) is 18.2 Å². The van der Waals surface area contributed by atoms with Gasteiger partial charge in [0, 0.05) is 11.8 Å². The summed E-state index contributed by atoms with van der Waals surface area (Å²) in [6, 6.07) is 11.2. The molecule has 0 aliphatic carbocycles. The summed E-state index contributed by atoms with van der Waals surface area (Å²) in [5.74, 6) is -3.68. The van der Waals surface area contributed by atoms with Crippen LogP contribution in [-0.4, -0.2) is 39.4 Å². The Morgan fingerprint density at radius 3 is 2.19 bits per heavy atom. The van der Waals surface area contributed by atoms with E-state index in [9.17, 15) is 24.9 Å². The van der Waals surface area contributed by atoms with Gasteiger partial charge in [0.15, 0.2) is 11.5 Å². The van der Waals surface area contributed by atoms with Gasteiger partial charge < -0.3 is 25.8 Å². The third kappa shape index (κ3) is 4.77. The monoisotopic (exact) mass is 373 g/mol. The molecule has 7 heteroatoms. The van der Waals surface area contributed by atoms with Crippen molar-refractivity contribution in [3.8, 4) is 11.5 Å². The summed E-state index contributed by atoms with van der Waals surface area (Å²) in [4.78, 5) is 23.8. The molecule has 0 aliphatic rings. The Morgan fingerprint density at radius 2 is 1.63 bits per heavy atom. The number of phenolic OH excluding ortho intramolecular Hbond substituents is 2. The lowest BCUT2D eigenvalue weighted by molar-refractivity contribution is -0.139. The van der Waals surface area contributed by atoms with Crippen molar-refractivity contribution in [3.05, 3.63) is 59.7 Å². The van der Waals surface area contributed by atoms with Crippen molar-refractivity contribution in [2.24, 2.45) is 11.7 Å². The summed E-state index contributed by atoms with van der Waals surface area (Å²) in [5.41, 5.74) is 6.69. The second-order valence-electron chi connectivity index (χ2n) is 6.47. The zero-order valence-corrected chi connectivity index (χ0v) is 15.1. The number of aliphatic carboxylic acids is 1. The van der Waals surface area contributed by atoms with E-state index in [0.29, 0.717) is 11.1 Å². The number of phenols is 2. The van der Waals surface area contributed by atoms with Crippen molar-refractivity contribution in [2.45, 2.75) is 31.9 Å². The zero-order valence-electron chi connectivity index (χ0n) is 15.1. The molecule has 7 nitrogen and oxygen atoms in total. The van der Waals surface area contributed by atoms with Gasteiger partial charge in [-0.3, -0.25) is 4.79 Å². The molecule has 0 bridgehead atoms. The molecule has 0 spiro atoms. The fourth-order valence-corrected chi connectivity index (χ4v) is 2.95. The van der Waals surface area contributed by atoms with Gasteiger partial charge in [-0.15, -0.1) is 0 Å². The van der Waals surface area contributed by atoms with Gasteiger partial charge in [0.2, 0.25) is 0 Å². The summed E-state index contributed by atoms with van der Waals surface area (Å²) >= 11 is 0. The number of hydrogen-bond acceptors (Lipinski definition) is 6. The van der Waals surface area contributed by atoms with Crippen LogP contribution in [0.15, 0.2) is 48.5 Å². The van der Waals surface area contributed by atoms with E-state index in [1.807, 2.05) is 0 Å². The summed E-state index contributed by atoms with van der Waals surface area (Å²) in [6.07, 6.45) is -0.649. The van der Waals surface area contributed by atoms with E-state index in [-0.39, 0.29) is 11.5 Å². The number of ether oxygens (including phenoxy) is 1. The first-order valence-electron chi connectivity index (χ1n) is 8.48. The molecule has 0 aliphatic heterocycles. The maximum Gasteiger partial charge on any atom is 0.338 e. The molecule has 5 N–H and O–H groups in total. The molecule has 144 valence electrons. The van der Waals surface area contributed by atoms with Gasteiger partial charge in [-0.05, 0) is 36.8 Å². The molecule has 0 saturated carbocycles. The summed E-state index contributed by atoms with van der Waals surface area (Å²) in [5, 5.41) is 28.6. The average Bonchev–Trinajstić information content (AvgIpc) is 2.65. The lowest BCUT2D eigenvalue weighted by Crippen LogP contribution is -2.42. The van der Waals surface area contributed by atoms with Crippen molar-refractivity contribution < 1.29 is 29.6 Å². The molecular formula is C20H23NO6. The van der Waals surface area contributed by atoms with Crippen LogP contribution in [0.2, 0.25) is 0 Å². The summed E-state index contributed by atoms with van der Waals surface area (Å²) in [6.45, 7) is 3.38. The number of carboxylic acid groups (broad SMARTS) is 1. The Bertz CT molecular complexity index is 807. The van der Waals surface area contributed by atoms with Gasteiger partial charge in [0.25, 0.3) is 0 Å². The Kier molecular flexibility index (Phi) is 6.41. The van der Waals surface area contributed by atoms with Crippen LogP contribution in [0.25, 0.3) is 0 Å². The van der Waals surface area contributed by atoms with Gasteiger partial charge in [-0.1, -0.05) is 31.2 Å². The largest absolute Gasteiger partial charge is 0.504 e.